The molecular formula is C11H17N3O3S2. The van der Waals surface area contributed by atoms with Gasteiger partial charge in [0.05, 0.1) is 16.2 Å². The Morgan fingerprint density at radius 1 is 1.37 bits per heavy atom. The van der Waals surface area contributed by atoms with Crippen LogP contribution in [0.2, 0.25) is 0 Å². The summed E-state index contributed by atoms with van der Waals surface area (Å²) in [5.41, 5.74) is 0.944. The lowest BCUT2D eigenvalue weighted by atomic mass is 10.3. The van der Waals surface area contributed by atoms with Crippen molar-refractivity contribution in [2.45, 2.75) is 37.3 Å². The Bertz CT molecular complexity index is 614. The number of nitrogens with two attached hydrogens (primary N) is 1. The number of sulfonamides is 1. The molecule has 6 nitrogen and oxygen atoms in total. The lowest BCUT2D eigenvalue weighted by Crippen LogP contribution is -2.21. The number of hydrogen-bond acceptors (Lipinski definition) is 4. The maximum atomic E-state index is 11.9. The van der Waals surface area contributed by atoms with Crippen LogP contribution in [0.15, 0.2) is 27.6 Å². The molecule has 1 atom stereocenters. The van der Waals surface area contributed by atoms with Crippen molar-refractivity contribution in [2.75, 3.05) is 0 Å². The molecule has 0 radical (unpaired) electrons. The first-order valence-corrected chi connectivity index (χ1v) is 8.13. The second-order valence-corrected chi connectivity index (χ2v) is 8.43. The van der Waals surface area contributed by atoms with E-state index in [-0.39, 0.29) is 4.90 Å². The second-order valence-electron chi connectivity index (χ2n) is 4.96. The molecule has 0 saturated heterocycles. The molecule has 106 valence electrons. The van der Waals surface area contributed by atoms with E-state index < -0.39 is 25.8 Å². The first-order valence-electron chi connectivity index (χ1n) is 5.48. The fourth-order valence-corrected chi connectivity index (χ4v) is 2.14. The van der Waals surface area contributed by atoms with E-state index in [1.54, 1.807) is 6.92 Å². The predicted octanol–water partition coefficient (Wildman–Crippen LogP) is 1.00. The Labute approximate surface area is 115 Å². The molecule has 2 N–H and O–H groups in total. The van der Waals surface area contributed by atoms with Crippen LogP contribution in [0.1, 0.15) is 33.4 Å². The number of hydrogen-bond donors (Lipinski definition) is 1. The predicted molar refractivity (Wildman–Crippen MR) is 75.7 cm³/mol. The molecule has 1 unspecified atom stereocenters. The third kappa shape index (κ3) is 4.48. The Hall–Kier alpha value is -1.12. The molecule has 0 aromatic carbocycles. The van der Waals surface area contributed by atoms with Crippen molar-refractivity contribution in [2.24, 2.45) is 9.54 Å². The summed E-state index contributed by atoms with van der Waals surface area (Å²) in [6, 6.07) is 2.83. The summed E-state index contributed by atoms with van der Waals surface area (Å²) >= 11 is 0. The highest BCUT2D eigenvalue weighted by molar-refractivity contribution is 7.89. The maximum absolute atomic E-state index is 11.9. The van der Waals surface area contributed by atoms with Gasteiger partial charge >= 0.3 is 0 Å². The summed E-state index contributed by atoms with van der Waals surface area (Å²) < 4.78 is 37.6. The summed E-state index contributed by atoms with van der Waals surface area (Å²) in [4.78, 5) is 3.89. The number of primary sulfonamides is 1. The normalized spacial score (nSPS) is 15.3. The van der Waals surface area contributed by atoms with Gasteiger partial charge in [0.15, 0.2) is 0 Å². The lowest BCUT2D eigenvalue weighted by Gasteiger charge is -2.13. The Morgan fingerprint density at radius 2 is 1.95 bits per heavy atom. The van der Waals surface area contributed by atoms with E-state index in [9.17, 15) is 12.6 Å². The molecule has 0 aliphatic carbocycles. The molecule has 19 heavy (non-hydrogen) atoms. The summed E-state index contributed by atoms with van der Waals surface area (Å²) in [6.45, 7) is 7.12. The fraction of sp³-hybridized carbons (Fsp3) is 0.455. The third-order valence-corrected chi connectivity index (χ3v) is 4.57. The number of pyridine rings is 1. The number of nitrogens with zero attached hydrogens (tertiary/aromatic N) is 2. The van der Waals surface area contributed by atoms with Gasteiger partial charge in [-0.25, -0.2) is 17.8 Å². The minimum atomic E-state index is -3.75. The fourth-order valence-electron chi connectivity index (χ4n) is 1.07. The van der Waals surface area contributed by atoms with Crippen LogP contribution in [-0.2, 0) is 21.0 Å². The highest BCUT2D eigenvalue weighted by Crippen LogP contribution is 2.14. The molecule has 1 aromatic heterocycles. The summed E-state index contributed by atoms with van der Waals surface area (Å²) in [5, 5.41) is 4.97. The van der Waals surface area contributed by atoms with Crippen LogP contribution in [0.25, 0.3) is 0 Å². The topological polar surface area (TPSA) is 102 Å². The Morgan fingerprint density at radius 3 is 2.32 bits per heavy atom. The van der Waals surface area contributed by atoms with Crippen molar-refractivity contribution in [1.82, 2.24) is 4.98 Å². The third-order valence-electron chi connectivity index (χ3n) is 2.18. The van der Waals surface area contributed by atoms with E-state index in [1.807, 2.05) is 20.8 Å². The minimum absolute atomic E-state index is 0.0685. The van der Waals surface area contributed by atoms with Gasteiger partial charge in [-0.1, -0.05) is 0 Å². The first-order chi connectivity index (χ1) is 8.51. The van der Waals surface area contributed by atoms with Crippen molar-refractivity contribution < 1.29 is 12.6 Å². The van der Waals surface area contributed by atoms with E-state index in [1.165, 1.54) is 12.1 Å². The molecule has 1 rings (SSSR count). The molecule has 8 heteroatoms. The van der Waals surface area contributed by atoms with Gasteiger partial charge in [-0.3, -0.25) is 4.98 Å². The molecule has 0 bridgehead atoms. The van der Waals surface area contributed by atoms with Gasteiger partial charge in [-0.2, -0.15) is 4.40 Å². The smallest absolute Gasteiger partial charge is 0.239 e. The van der Waals surface area contributed by atoms with Gasteiger partial charge in [0.25, 0.3) is 0 Å². The van der Waals surface area contributed by atoms with Crippen LogP contribution in [0.5, 0.6) is 0 Å². The van der Waals surface area contributed by atoms with Gasteiger partial charge in [0.2, 0.25) is 10.0 Å². The van der Waals surface area contributed by atoms with Crippen LogP contribution in [0.3, 0.4) is 0 Å². The van der Waals surface area contributed by atoms with Crippen molar-refractivity contribution in [3.8, 4) is 0 Å². The van der Waals surface area contributed by atoms with Crippen molar-refractivity contribution in [1.29, 1.82) is 0 Å². The molecule has 0 saturated carbocycles. The molecule has 1 heterocycles. The quantitative estimate of drug-likeness (QED) is 0.841. The van der Waals surface area contributed by atoms with Crippen LogP contribution in [-0.4, -0.2) is 28.1 Å². The van der Waals surface area contributed by atoms with Crippen LogP contribution < -0.4 is 5.14 Å². The van der Waals surface area contributed by atoms with Crippen molar-refractivity contribution in [3.05, 3.63) is 24.0 Å². The molecule has 0 aliphatic heterocycles. The standard InChI is InChI=1S/C11H17N3O3S2/c1-8(14-18(15)11(2,3)4)10-6-5-9(7-13-10)19(12,16)17/h5-7H,1-4H3,(H2,12,16,17). The summed E-state index contributed by atoms with van der Waals surface area (Å²) in [6.07, 6.45) is 1.16. The first kappa shape index (κ1) is 15.9. The summed E-state index contributed by atoms with van der Waals surface area (Å²) in [5.74, 6) is 0. The molecule has 0 amide bonds. The molecule has 0 fully saturated rings. The second kappa shape index (κ2) is 5.48. The highest BCUT2D eigenvalue weighted by atomic mass is 32.2. The highest BCUT2D eigenvalue weighted by Gasteiger charge is 2.19. The van der Waals surface area contributed by atoms with Gasteiger partial charge in [0, 0.05) is 6.20 Å². The average molecular weight is 303 g/mol. The largest absolute Gasteiger partial charge is 0.254 e. The van der Waals surface area contributed by atoms with Crippen LogP contribution >= 0.6 is 0 Å². The SMILES string of the molecule is CC(=NS(=O)C(C)(C)C)c1ccc(S(N)(=O)=O)cn1. The average Bonchev–Trinajstić information content (AvgIpc) is 2.26. The zero-order valence-corrected chi connectivity index (χ0v) is 12.9. The van der Waals surface area contributed by atoms with E-state index in [0.29, 0.717) is 11.4 Å². The zero-order valence-electron chi connectivity index (χ0n) is 11.2. The molecule has 1 aromatic rings. The van der Waals surface area contributed by atoms with E-state index in [4.69, 9.17) is 5.14 Å². The monoisotopic (exact) mass is 303 g/mol. The number of aromatic nitrogens is 1. The zero-order chi connectivity index (χ0) is 14.8. The van der Waals surface area contributed by atoms with Crippen LogP contribution in [0.4, 0.5) is 0 Å². The summed E-state index contributed by atoms with van der Waals surface area (Å²) in [7, 11) is -5.14. The van der Waals surface area contributed by atoms with Gasteiger partial charge < -0.3 is 0 Å². The van der Waals surface area contributed by atoms with Gasteiger partial charge in [-0.15, -0.1) is 0 Å². The molecule has 0 spiro atoms. The van der Waals surface area contributed by atoms with E-state index >= 15 is 0 Å². The number of rotatable bonds is 3. The van der Waals surface area contributed by atoms with Crippen LogP contribution in [0, 0.1) is 0 Å². The minimum Gasteiger partial charge on any atom is -0.254 e. The maximum Gasteiger partial charge on any atom is 0.239 e. The van der Waals surface area contributed by atoms with E-state index in [0.717, 1.165) is 6.20 Å². The Kier molecular flexibility index (Phi) is 4.59. The van der Waals surface area contributed by atoms with Gasteiger partial charge in [0.1, 0.15) is 15.9 Å². The lowest BCUT2D eigenvalue weighted by molar-refractivity contribution is 0.597. The Balaban J connectivity index is 3.06. The molecular weight excluding hydrogens is 286 g/mol. The van der Waals surface area contributed by atoms with E-state index in [2.05, 4.69) is 9.38 Å². The van der Waals surface area contributed by atoms with Gasteiger partial charge in [-0.05, 0) is 39.8 Å². The van der Waals surface area contributed by atoms with Crippen molar-refractivity contribution >= 4 is 26.7 Å². The molecule has 0 aliphatic rings. The van der Waals surface area contributed by atoms with Crippen molar-refractivity contribution in [3.63, 3.8) is 0 Å².